The zero-order chi connectivity index (χ0) is 14.9. The molecule has 2 aromatic heterocycles. The molecule has 0 fully saturated rings. The van der Waals surface area contributed by atoms with Gasteiger partial charge in [-0.1, -0.05) is 13.8 Å². The Morgan fingerprint density at radius 2 is 2.20 bits per heavy atom. The molecule has 0 aromatic carbocycles. The standard InChI is InChI=1S/C13H21N5O2/c1-7(2)9(19)6-18(3)5-8-4-15-11-10(8)16-13(14)17-12(11)20/h4,7,9,15,19H,5-6H2,1-3H3,(H3,14,16,17,20). The Bertz CT molecular complexity index is 646. The van der Waals surface area contributed by atoms with Gasteiger partial charge < -0.3 is 15.8 Å². The Morgan fingerprint density at radius 1 is 1.50 bits per heavy atom. The lowest BCUT2D eigenvalue weighted by molar-refractivity contribution is 0.0839. The SMILES string of the molecule is CC(C)C(O)CN(C)Cc1c[nH]c2c(=O)[nH]c(N)nc12. The third kappa shape index (κ3) is 3.00. The lowest BCUT2D eigenvalue weighted by atomic mass is 10.1. The van der Waals surface area contributed by atoms with Crippen molar-refractivity contribution in [2.75, 3.05) is 19.3 Å². The van der Waals surface area contributed by atoms with Crippen LogP contribution >= 0.6 is 0 Å². The maximum Gasteiger partial charge on any atom is 0.276 e. The normalized spacial score (nSPS) is 13.5. The molecule has 0 saturated heterocycles. The van der Waals surface area contributed by atoms with Crippen LogP contribution in [-0.2, 0) is 6.54 Å². The van der Waals surface area contributed by atoms with Crippen LogP contribution in [0.3, 0.4) is 0 Å². The van der Waals surface area contributed by atoms with Gasteiger partial charge in [0.05, 0.1) is 6.10 Å². The molecule has 0 bridgehead atoms. The third-order valence-corrected chi connectivity index (χ3v) is 3.34. The number of nitrogens with two attached hydrogens (primary N) is 1. The fourth-order valence-electron chi connectivity index (χ4n) is 2.09. The molecule has 0 aliphatic heterocycles. The van der Waals surface area contributed by atoms with E-state index >= 15 is 0 Å². The lowest BCUT2D eigenvalue weighted by Gasteiger charge is -2.22. The van der Waals surface area contributed by atoms with Crippen LogP contribution in [0.4, 0.5) is 5.95 Å². The van der Waals surface area contributed by atoms with Crippen molar-refractivity contribution in [2.24, 2.45) is 5.92 Å². The molecule has 0 amide bonds. The minimum Gasteiger partial charge on any atom is -0.392 e. The Morgan fingerprint density at radius 3 is 2.85 bits per heavy atom. The van der Waals surface area contributed by atoms with Crippen molar-refractivity contribution in [2.45, 2.75) is 26.5 Å². The largest absolute Gasteiger partial charge is 0.392 e. The van der Waals surface area contributed by atoms with Gasteiger partial charge in [0.15, 0.2) is 0 Å². The molecule has 0 spiro atoms. The highest BCUT2D eigenvalue weighted by Gasteiger charge is 2.15. The summed E-state index contributed by atoms with van der Waals surface area (Å²) in [4.78, 5) is 23.2. The Balaban J connectivity index is 2.20. The van der Waals surface area contributed by atoms with E-state index in [-0.39, 0.29) is 23.5 Å². The average Bonchev–Trinajstić information content (AvgIpc) is 2.72. The van der Waals surface area contributed by atoms with Crippen LogP contribution in [0.1, 0.15) is 19.4 Å². The first kappa shape index (κ1) is 14.5. The summed E-state index contributed by atoms with van der Waals surface area (Å²) in [5, 5.41) is 9.89. The number of aliphatic hydroxyl groups excluding tert-OH is 1. The molecule has 0 aliphatic carbocycles. The summed E-state index contributed by atoms with van der Waals surface area (Å²) in [7, 11) is 1.92. The third-order valence-electron chi connectivity index (χ3n) is 3.34. The summed E-state index contributed by atoms with van der Waals surface area (Å²) >= 11 is 0. The number of nitrogens with zero attached hydrogens (tertiary/aromatic N) is 2. The van der Waals surface area contributed by atoms with Crippen molar-refractivity contribution in [1.29, 1.82) is 0 Å². The molecule has 7 nitrogen and oxygen atoms in total. The van der Waals surface area contributed by atoms with Crippen molar-refractivity contribution in [3.05, 3.63) is 22.1 Å². The van der Waals surface area contributed by atoms with Crippen molar-refractivity contribution in [1.82, 2.24) is 19.9 Å². The average molecular weight is 279 g/mol. The number of hydrogen-bond donors (Lipinski definition) is 4. The number of nitrogens with one attached hydrogen (secondary N) is 2. The zero-order valence-corrected chi connectivity index (χ0v) is 12.0. The van der Waals surface area contributed by atoms with Gasteiger partial charge in [-0.3, -0.25) is 14.7 Å². The lowest BCUT2D eigenvalue weighted by Crippen LogP contribution is -2.32. The fraction of sp³-hybridized carbons (Fsp3) is 0.538. The molecule has 110 valence electrons. The summed E-state index contributed by atoms with van der Waals surface area (Å²) in [5.41, 5.74) is 7.18. The highest BCUT2D eigenvalue weighted by atomic mass is 16.3. The van der Waals surface area contributed by atoms with Crippen LogP contribution in [0.15, 0.2) is 11.0 Å². The Hall–Kier alpha value is -1.86. The maximum atomic E-state index is 11.7. The van der Waals surface area contributed by atoms with Crippen LogP contribution in [0.2, 0.25) is 0 Å². The van der Waals surface area contributed by atoms with E-state index in [0.717, 1.165) is 5.56 Å². The minimum atomic E-state index is -0.383. The van der Waals surface area contributed by atoms with Gasteiger partial charge in [0.1, 0.15) is 11.0 Å². The van der Waals surface area contributed by atoms with Gasteiger partial charge in [-0.05, 0) is 13.0 Å². The van der Waals surface area contributed by atoms with Crippen molar-refractivity contribution in [3.8, 4) is 0 Å². The smallest absolute Gasteiger partial charge is 0.276 e. The molecule has 0 aliphatic rings. The highest BCUT2D eigenvalue weighted by Crippen LogP contribution is 2.15. The molecule has 1 unspecified atom stereocenters. The Labute approximate surface area is 116 Å². The molecule has 0 saturated carbocycles. The fourth-order valence-corrected chi connectivity index (χ4v) is 2.09. The molecule has 20 heavy (non-hydrogen) atoms. The topological polar surface area (TPSA) is 111 Å². The molecule has 0 radical (unpaired) electrons. The molecular weight excluding hydrogens is 258 g/mol. The molecule has 2 heterocycles. The number of aromatic amines is 2. The quantitative estimate of drug-likeness (QED) is 0.628. The number of H-pyrrole nitrogens is 2. The van der Waals surface area contributed by atoms with Gasteiger partial charge in [-0.2, -0.15) is 0 Å². The second-order valence-corrected chi connectivity index (χ2v) is 5.50. The predicted octanol–water partition coefficient (Wildman–Crippen LogP) is 0.282. The monoisotopic (exact) mass is 279 g/mol. The van der Waals surface area contributed by atoms with Gasteiger partial charge in [-0.25, -0.2) is 4.98 Å². The predicted molar refractivity (Wildman–Crippen MR) is 78.3 cm³/mol. The number of nitrogen functional groups attached to an aromatic ring is 1. The number of likely N-dealkylation sites (N-methyl/N-ethyl adjacent to an activating group) is 1. The zero-order valence-electron chi connectivity index (χ0n) is 12.0. The summed E-state index contributed by atoms with van der Waals surface area (Å²) < 4.78 is 0. The molecule has 1 atom stereocenters. The van der Waals surface area contributed by atoms with Crippen LogP contribution < -0.4 is 11.3 Å². The first-order chi connectivity index (χ1) is 9.38. The van der Waals surface area contributed by atoms with Gasteiger partial charge in [0.25, 0.3) is 5.56 Å². The molecule has 7 heteroatoms. The number of rotatable bonds is 5. The maximum absolute atomic E-state index is 11.7. The van der Waals surface area contributed by atoms with Crippen molar-refractivity contribution < 1.29 is 5.11 Å². The van der Waals surface area contributed by atoms with Gasteiger partial charge in [-0.15, -0.1) is 0 Å². The van der Waals surface area contributed by atoms with E-state index in [4.69, 9.17) is 5.73 Å². The summed E-state index contributed by atoms with van der Waals surface area (Å²) in [5.74, 6) is 0.310. The molecule has 2 aromatic rings. The number of aromatic nitrogens is 3. The van der Waals surface area contributed by atoms with Gasteiger partial charge in [0, 0.05) is 24.8 Å². The van der Waals surface area contributed by atoms with Crippen molar-refractivity contribution >= 4 is 17.0 Å². The van der Waals surface area contributed by atoms with Gasteiger partial charge in [0.2, 0.25) is 5.95 Å². The number of hydrogen-bond acceptors (Lipinski definition) is 5. The molecule has 5 N–H and O–H groups in total. The van der Waals surface area contributed by atoms with E-state index in [1.165, 1.54) is 0 Å². The van der Waals surface area contributed by atoms with Crippen LogP contribution in [0, 0.1) is 5.92 Å². The minimum absolute atomic E-state index is 0.105. The number of anilines is 1. The van der Waals surface area contributed by atoms with Crippen LogP contribution in [-0.4, -0.2) is 44.7 Å². The van der Waals surface area contributed by atoms with E-state index < -0.39 is 0 Å². The van der Waals surface area contributed by atoms with Gasteiger partial charge >= 0.3 is 0 Å². The van der Waals surface area contributed by atoms with Crippen molar-refractivity contribution in [3.63, 3.8) is 0 Å². The van der Waals surface area contributed by atoms with E-state index in [9.17, 15) is 9.90 Å². The highest BCUT2D eigenvalue weighted by molar-refractivity contribution is 5.78. The Kier molecular flexibility index (Phi) is 4.10. The van der Waals surface area contributed by atoms with Crippen LogP contribution in [0.5, 0.6) is 0 Å². The summed E-state index contributed by atoms with van der Waals surface area (Å²) in [6.07, 6.45) is 1.37. The van der Waals surface area contributed by atoms with Crippen LogP contribution in [0.25, 0.3) is 11.0 Å². The second-order valence-electron chi connectivity index (χ2n) is 5.50. The summed E-state index contributed by atoms with van der Waals surface area (Å²) in [6.45, 7) is 5.10. The molecule has 2 rings (SSSR count). The summed E-state index contributed by atoms with van der Waals surface area (Å²) in [6, 6.07) is 0. The van der Waals surface area contributed by atoms with E-state index in [1.807, 2.05) is 25.8 Å². The second kappa shape index (κ2) is 5.64. The number of aliphatic hydroxyl groups is 1. The molecular formula is C13H21N5O2. The van der Waals surface area contributed by atoms with E-state index in [0.29, 0.717) is 24.1 Å². The van der Waals surface area contributed by atoms with E-state index in [2.05, 4.69) is 15.0 Å². The first-order valence-electron chi connectivity index (χ1n) is 6.61. The first-order valence-corrected chi connectivity index (χ1v) is 6.61. The van der Waals surface area contributed by atoms with E-state index in [1.54, 1.807) is 6.20 Å². The number of fused-ring (bicyclic) bond motifs is 1.